The van der Waals surface area contributed by atoms with Crippen molar-refractivity contribution in [1.82, 2.24) is 15.2 Å². The van der Waals surface area contributed by atoms with Gasteiger partial charge in [0.05, 0.1) is 18.3 Å². The molecule has 1 aromatic rings. The molecule has 5 nitrogen and oxygen atoms in total. The van der Waals surface area contributed by atoms with Crippen LogP contribution in [0.1, 0.15) is 29.7 Å². The molecule has 0 spiro atoms. The van der Waals surface area contributed by atoms with E-state index in [0.717, 1.165) is 44.4 Å². The minimum atomic E-state index is -4.35. The number of alkyl halides is 3. The molecule has 0 saturated carbocycles. The van der Waals surface area contributed by atoms with Crippen LogP contribution in [0.5, 0.6) is 0 Å². The zero-order valence-corrected chi connectivity index (χ0v) is 16.6. The number of fused-ring (bicyclic) bond motifs is 1. The van der Waals surface area contributed by atoms with Crippen molar-refractivity contribution < 1.29 is 22.6 Å². The molecule has 3 aliphatic rings. The Morgan fingerprint density at radius 1 is 1.34 bits per heavy atom. The van der Waals surface area contributed by atoms with Crippen molar-refractivity contribution in [3.05, 3.63) is 41.2 Å². The smallest absolute Gasteiger partial charge is 0.379 e. The SMILES string of the molecule is COC1COCCC1NC1C=CC(CN2CCc3ncc(C(F)(F)F)cc3C2)C1. The number of nitrogens with zero attached hydrogens (tertiary/aromatic N) is 2. The van der Waals surface area contributed by atoms with Gasteiger partial charge in [-0.1, -0.05) is 12.2 Å². The van der Waals surface area contributed by atoms with Gasteiger partial charge in [0.15, 0.2) is 0 Å². The van der Waals surface area contributed by atoms with Crippen LogP contribution < -0.4 is 5.32 Å². The molecular weight excluding hydrogens is 383 g/mol. The highest BCUT2D eigenvalue weighted by Crippen LogP contribution is 2.31. The lowest BCUT2D eigenvalue weighted by molar-refractivity contribution is -0.137. The van der Waals surface area contributed by atoms with Gasteiger partial charge in [-0.05, 0) is 30.4 Å². The molecule has 4 atom stereocenters. The summed E-state index contributed by atoms with van der Waals surface area (Å²) in [5.41, 5.74) is 0.834. The molecule has 0 bridgehead atoms. The quantitative estimate of drug-likeness (QED) is 0.755. The molecule has 4 unspecified atom stereocenters. The van der Waals surface area contributed by atoms with Gasteiger partial charge in [0.1, 0.15) is 0 Å². The van der Waals surface area contributed by atoms with Crippen LogP contribution in [-0.2, 0) is 28.6 Å². The number of ether oxygens (including phenoxy) is 2. The molecule has 0 aromatic carbocycles. The van der Waals surface area contributed by atoms with Gasteiger partial charge in [0.2, 0.25) is 0 Å². The van der Waals surface area contributed by atoms with E-state index in [1.807, 2.05) is 0 Å². The third-order valence-corrected chi connectivity index (χ3v) is 6.15. The molecule has 1 aromatic heterocycles. The second kappa shape index (κ2) is 8.71. The Morgan fingerprint density at radius 3 is 3.00 bits per heavy atom. The summed E-state index contributed by atoms with van der Waals surface area (Å²) in [7, 11) is 1.72. The van der Waals surface area contributed by atoms with E-state index < -0.39 is 11.7 Å². The molecule has 2 aliphatic heterocycles. The standard InChI is InChI=1S/C21H28F3N3O2/c1-28-20-13-29-7-5-19(20)26-17-3-2-14(8-17)11-27-6-4-18-15(12-27)9-16(10-25-18)21(22,23)24/h2-3,9-10,14,17,19-20,26H,4-8,11-13H2,1H3. The normalized spacial score (nSPS) is 30.5. The first kappa shape index (κ1) is 20.8. The minimum absolute atomic E-state index is 0.0742. The number of hydrogen-bond donors (Lipinski definition) is 1. The average Bonchev–Trinajstić information content (AvgIpc) is 3.14. The van der Waals surface area contributed by atoms with E-state index in [4.69, 9.17) is 9.47 Å². The summed E-state index contributed by atoms with van der Waals surface area (Å²) in [6.45, 7) is 3.58. The third-order valence-electron chi connectivity index (χ3n) is 6.15. The fourth-order valence-corrected chi connectivity index (χ4v) is 4.57. The van der Waals surface area contributed by atoms with Crippen molar-refractivity contribution in [2.75, 3.05) is 33.4 Å². The van der Waals surface area contributed by atoms with Crippen LogP contribution >= 0.6 is 0 Å². The fourth-order valence-electron chi connectivity index (χ4n) is 4.57. The predicted octanol–water partition coefficient (Wildman–Crippen LogP) is 2.80. The summed E-state index contributed by atoms with van der Waals surface area (Å²) < 4.78 is 50.0. The van der Waals surface area contributed by atoms with E-state index in [0.29, 0.717) is 37.1 Å². The number of nitrogens with one attached hydrogen (secondary N) is 1. The zero-order valence-electron chi connectivity index (χ0n) is 16.6. The van der Waals surface area contributed by atoms with Crippen molar-refractivity contribution in [2.24, 2.45) is 5.92 Å². The Kier molecular flexibility index (Phi) is 6.24. The van der Waals surface area contributed by atoms with Gasteiger partial charge in [0, 0.05) is 63.7 Å². The highest BCUT2D eigenvalue weighted by molar-refractivity contribution is 5.29. The molecule has 0 radical (unpaired) electrons. The van der Waals surface area contributed by atoms with E-state index in [1.165, 1.54) is 6.07 Å². The van der Waals surface area contributed by atoms with Crippen molar-refractivity contribution >= 4 is 0 Å². The van der Waals surface area contributed by atoms with Crippen LogP contribution in [0, 0.1) is 5.92 Å². The second-order valence-corrected chi connectivity index (χ2v) is 8.21. The highest BCUT2D eigenvalue weighted by Gasteiger charge is 2.33. The lowest BCUT2D eigenvalue weighted by Crippen LogP contribution is -2.50. The maximum atomic E-state index is 13.0. The molecule has 1 aliphatic carbocycles. The minimum Gasteiger partial charge on any atom is -0.379 e. The first-order chi connectivity index (χ1) is 13.9. The number of methoxy groups -OCH3 is 1. The molecule has 1 N–H and O–H groups in total. The zero-order chi connectivity index (χ0) is 20.4. The highest BCUT2D eigenvalue weighted by atomic mass is 19.4. The van der Waals surface area contributed by atoms with E-state index in [1.54, 1.807) is 7.11 Å². The van der Waals surface area contributed by atoms with E-state index in [-0.39, 0.29) is 12.1 Å². The van der Waals surface area contributed by atoms with Gasteiger partial charge in [-0.3, -0.25) is 9.88 Å². The van der Waals surface area contributed by atoms with Crippen molar-refractivity contribution in [3.63, 3.8) is 0 Å². The van der Waals surface area contributed by atoms with Crippen molar-refractivity contribution in [3.8, 4) is 0 Å². The van der Waals surface area contributed by atoms with Gasteiger partial charge >= 0.3 is 6.18 Å². The Bertz CT molecular complexity index is 740. The first-order valence-electron chi connectivity index (χ1n) is 10.2. The van der Waals surface area contributed by atoms with E-state index >= 15 is 0 Å². The molecule has 0 amide bonds. The number of rotatable bonds is 5. The molecule has 3 heterocycles. The molecule has 8 heteroatoms. The van der Waals surface area contributed by atoms with E-state index in [2.05, 4.69) is 27.4 Å². The first-order valence-corrected chi connectivity index (χ1v) is 10.2. The Hall–Kier alpha value is -1.48. The summed E-state index contributed by atoms with van der Waals surface area (Å²) in [6, 6.07) is 1.85. The van der Waals surface area contributed by atoms with Gasteiger partial charge in [-0.25, -0.2) is 0 Å². The number of pyridine rings is 1. The van der Waals surface area contributed by atoms with Gasteiger partial charge in [-0.2, -0.15) is 13.2 Å². The van der Waals surface area contributed by atoms with Crippen LogP contribution in [0.2, 0.25) is 0 Å². The Labute approximate surface area is 169 Å². The van der Waals surface area contributed by atoms with Gasteiger partial charge in [-0.15, -0.1) is 0 Å². The summed E-state index contributed by atoms with van der Waals surface area (Å²) >= 11 is 0. The van der Waals surface area contributed by atoms with Crippen LogP contribution in [0.4, 0.5) is 13.2 Å². The topological polar surface area (TPSA) is 46.6 Å². The van der Waals surface area contributed by atoms with Crippen LogP contribution in [0.15, 0.2) is 24.4 Å². The van der Waals surface area contributed by atoms with E-state index in [9.17, 15) is 13.2 Å². The molecule has 1 saturated heterocycles. The largest absolute Gasteiger partial charge is 0.417 e. The molecule has 160 valence electrons. The monoisotopic (exact) mass is 411 g/mol. The number of hydrogen-bond acceptors (Lipinski definition) is 5. The van der Waals surface area contributed by atoms with Gasteiger partial charge in [0.25, 0.3) is 0 Å². The Morgan fingerprint density at radius 2 is 2.21 bits per heavy atom. The summed E-state index contributed by atoms with van der Waals surface area (Å²) in [4.78, 5) is 6.30. The summed E-state index contributed by atoms with van der Waals surface area (Å²) in [5, 5.41) is 3.68. The predicted molar refractivity (Wildman–Crippen MR) is 102 cm³/mol. The summed E-state index contributed by atoms with van der Waals surface area (Å²) in [6.07, 6.45) is 3.76. The van der Waals surface area contributed by atoms with Crippen LogP contribution in [0.3, 0.4) is 0 Å². The molecular formula is C21H28F3N3O2. The third kappa shape index (κ3) is 4.99. The number of aromatic nitrogens is 1. The van der Waals surface area contributed by atoms with Crippen molar-refractivity contribution in [1.29, 1.82) is 0 Å². The molecule has 4 rings (SSSR count). The maximum Gasteiger partial charge on any atom is 0.417 e. The van der Waals surface area contributed by atoms with Gasteiger partial charge < -0.3 is 14.8 Å². The van der Waals surface area contributed by atoms with Crippen LogP contribution in [0.25, 0.3) is 0 Å². The van der Waals surface area contributed by atoms with Crippen molar-refractivity contribution in [2.45, 2.75) is 50.2 Å². The van der Waals surface area contributed by atoms with Crippen LogP contribution in [-0.4, -0.2) is 61.5 Å². The Balaban J connectivity index is 1.30. The molecule has 1 fully saturated rings. The molecule has 29 heavy (non-hydrogen) atoms. The number of halogens is 3. The lowest BCUT2D eigenvalue weighted by atomic mass is 10.00. The maximum absolute atomic E-state index is 13.0. The average molecular weight is 411 g/mol. The lowest BCUT2D eigenvalue weighted by Gasteiger charge is -2.33. The second-order valence-electron chi connectivity index (χ2n) is 8.21. The fraction of sp³-hybridized carbons (Fsp3) is 0.667. The summed E-state index contributed by atoms with van der Waals surface area (Å²) in [5.74, 6) is 0.397.